The van der Waals surface area contributed by atoms with E-state index in [9.17, 15) is 5.11 Å². The summed E-state index contributed by atoms with van der Waals surface area (Å²) in [6, 6.07) is 7.51. The van der Waals surface area contributed by atoms with E-state index in [-0.39, 0.29) is 5.92 Å². The van der Waals surface area contributed by atoms with Gasteiger partial charge in [-0.3, -0.25) is 0 Å². The van der Waals surface area contributed by atoms with Crippen LogP contribution in [0.1, 0.15) is 25.3 Å². The summed E-state index contributed by atoms with van der Waals surface area (Å²) < 4.78 is 5.43. The van der Waals surface area contributed by atoms with Crippen molar-refractivity contribution < 1.29 is 9.84 Å². The highest BCUT2D eigenvalue weighted by Gasteiger charge is 2.36. The first kappa shape index (κ1) is 11.4. The molecule has 16 heavy (non-hydrogen) atoms. The maximum Gasteiger partial charge on any atom is 0.0938 e. The minimum Gasteiger partial charge on any atom is -0.398 e. The molecule has 0 saturated carbocycles. The van der Waals surface area contributed by atoms with Crippen molar-refractivity contribution in [3.63, 3.8) is 0 Å². The fourth-order valence-electron chi connectivity index (χ4n) is 2.36. The minimum atomic E-state index is -0.897. The van der Waals surface area contributed by atoms with Crippen LogP contribution in [-0.4, -0.2) is 18.3 Å². The number of nitrogen functional groups attached to an aromatic ring is 1. The standard InChI is InChI=1S/C13H19NO2/c1-13(15,10-5-4-8-16-9-10)11-6-2-3-7-12(11)14/h2-3,6-7,10,15H,4-5,8-9,14H2,1H3. The first-order valence-electron chi connectivity index (χ1n) is 5.77. The normalized spacial score (nSPS) is 25.0. The van der Waals surface area contributed by atoms with Gasteiger partial charge in [0, 0.05) is 23.8 Å². The van der Waals surface area contributed by atoms with Crippen LogP contribution in [0.25, 0.3) is 0 Å². The zero-order valence-electron chi connectivity index (χ0n) is 9.65. The number of para-hydroxylation sites is 1. The van der Waals surface area contributed by atoms with Crippen molar-refractivity contribution in [1.82, 2.24) is 0 Å². The molecule has 1 saturated heterocycles. The summed E-state index contributed by atoms with van der Waals surface area (Å²) in [5.41, 5.74) is 6.48. The third kappa shape index (κ3) is 2.06. The number of nitrogens with two attached hydrogens (primary N) is 1. The van der Waals surface area contributed by atoms with Gasteiger partial charge in [0.05, 0.1) is 12.2 Å². The summed E-state index contributed by atoms with van der Waals surface area (Å²) in [6.45, 7) is 3.25. The van der Waals surface area contributed by atoms with Crippen LogP contribution in [0.5, 0.6) is 0 Å². The molecule has 1 aromatic carbocycles. The van der Waals surface area contributed by atoms with Crippen LogP contribution in [-0.2, 0) is 10.3 Å². The fourth-order valence-corrected chi connectivity index (χ4v) is 2.36. The molecular weight excluding hydrogens is 202 g/mol. The van der Waals surface area contributed by atoms with E-state index in [1.165, 1.54) is 0 Å². The first-order valence-corrected chi connectivity index (χ1v) is 5.77. The Morgan fingerprint density at radius 2 is 2.19 bits per heavy atom. The molecule has 2 rings (SSSR count). The Balaban J connectivity index is 2.26. The highest BCUT2D eigenvalue weighted by molar-refractivity contribution is 5.49. The number of rotatable bonds is 2. The van der Waals surface area contributed by atoms with Gasteiger partial charge in [-0.1, -0.05) is 18.2 Å². The van der Waals surface area contributed by atoms with Gasteiger partial charge in [-0.25, -0.2) is 0 Å². The second-order valence-electron chi connectivity index (χ2n) is 4.65. The summed E-state index contributed by atoms with van der Waals surface area (Å²) >= 11 is 0. The molecule has 0 amide bonds. The molecule has 1 aromatic rings. The van der Waals surface area contributed by atoms with Crippen molar-refractivity contribution >= 4 is 5.69 Å². The third-order valence-electron chi connectivity index (χ3n) is 3.46. The maximum atomic E-state index is 10.6. The summed E-state index contributed by atoms with van der Waals surface area (Å²) in [6.07, 6.45) is 1.99. The van der Waals surface area contributed by atoms with E-state index >= 15 is 0 Å². The number of hydrogen-bond acceptors (Lipinski definition) is 3. The second kappa shape index (κ2) is 4.44. The van der Waals surface area contributed by atoms with Crippen LogP contribution in [0.2, 0.25) is 0 Å². The SMILES string of the molecule is CC(O)(c1ccccc1N)C1CCCOC1. The molecule has 3 heteroatoms. The molecule has 1 heterocycles. The van der Waals surface area contributed by atoms with Crippen LogP contribution in [0.3, 0.4) is 0 Å². The Hall–Kier alpha value is -1.06. The lowest BCUT2D eigenvalue weighted by molar-refractivity contribution is -0.0719. The molecule has 3 N–H and O–H groups in total. The van der Waals surface area contributed by atoms with Crippen molar-refractivity contribution in [1.29, 1.82) is 0 Å². The summed E-state index contributed by atoms with van der Waals surface area (Å²) in [7, 11) is 0. The highest BCUT2D eigenvalue weighted by Crippen LogP contribution is 2.36. The van der Waals surface area contributed by atoms with E-state index in [0.717, 1.165) is 25.0 Å². The molecular formula is C13H19NO2. The number of hydrogen-bond donors (Lipinski definition) is 2. The zero-order chi connectivity index (χ0) is 11.6. The molecule has 1 aliphatic rings. The van der Waals surface area contributed by atoms with Gasteiger partial charge in [-0.05, 0) is 25.8 Å². The average molecular weight is 221 g/mol. The van der Waals surface area contributed by atoms with Gasteiger partial charge in [0.2, 0.25) is 0 Å². The lowest BCUT2D eigenvalue weighted by Crippen LogP contribution is -2.37. The molecule has 2 unspecified atom stereocenters. The molecule has 1 aliphatic heterocycles. The van der Waals surface area contributed by atoms with E-state index in [4.69, 9.17) is 10.5 Å². The lowest BCUT2D eigenvalue weighted by atomic mass is 9.79. The summed E-state index contributed by atoms with van der Waals surface area (Å²) in [5.74, 6) is 0.131. The summed E-state index contributed by atoms with van der Waals surface area (Å²) in [4.78, 5) is 0. The van der Waals surface area contributed by atoms with E-state index in [0.29, 0.717) is 12.3 Å². The second-order valence-corrected chi connectivity index (χ2v) is 4.65. The third-order valence-corrected chi connectivity index (χ3v) is 3.46. The van der Waals surface area contributed by atoms with Crippen molar-refractivity contribution in [3.8, 4) is 0 Å². The van der Waals surface area contributed by atoms with Crippen molar-refractivity contribution in [2.75, 3.05) is 18.9 Å². The molecule has 3 nitrogen and oxygen atoms in total. The van der Waals surface area contributed by atoms with E-state index < -0.39 is 5.60 Å². The van der Waals surface area contributed by atoms with Crippen LogP contribution >= 0.6 is 0 Å². The van der Waals surface area contributed by atoms with Gasteiger partial charge in [0.25, 0.3) is 0 Å². The zero-order valence-corrected chi connectivity index (χ0v) is 9.65. The van der Waals surface area contributed by atoms with E-state index in [2.05, 4.69) is 0 Å². The monoisotopic (exact) mass is 221 g/mol. The topological polar surface area (TPSA) is 55.5 Å². The van der Waals surface area contributed by atoms with Crippen molar-refractivity contribution in [3.05, 3.63) is 29.8 Å². The highest BCUT2D eigenvalue weighted by atomic mass is 16.5. The molecule has 88 valence electrons. The number of ether oxygens (including phenoxy) is 1. The average Bonchev–Trinajstić information content (AvgIpc) is 2.30. The Morgan fingerprint density at radius 1 is 1.44 bits per heavy atom. The van der Waals surface area contributed by atoms with Gasteiger partial charge in [0.15, 0.2) is 0 Å². The van der Waals surface area contributed by atoms with Gasteiger partial charge >= 0.3 is 0 Å². The maximum absolute atomic E-state index is 10.6. The molecule has 1 fully saturated rings. The van der Waals surface area contributed by atoms with Gasteiger partial charge in [0.1, 0.15) is 0 Å². The van der Waals surface area contributed by atoms with Gasteiger partial charge in [-0.15, -0.1) is 0 Å². The van der Waals surface area contributed by atoms with Gasteiger partial charge in [-0.2, -0.15) is 0 Å². The Kier molecular flexibility index (Phi) is 3.17. The molecule has 0 aromatic heterocycles. The van der Waals surface area contributed by atoms with E-state index in [1.54, 1.807) is 0 Å². The van der Waals surface area contributed by atoms with Crippen LogP contribution < -0.4 is 5.73 Å². The van der Waals surface area contributed by atoms with Crippen molar-refractivity contribution in [2.45, 2.75) is 25.4 Å². The lowest BCUT2D eigenvalue weighted by Gasteiger charge is -2.36. The fraction of sp³-hybridized carbons (Fsp3) is 0.538. The molecule has 0 radical (unpaired) electrons. The predicted octanol–water partition coefficient (Wildman–Crippen LogP) is 1.90. The smallest absolute Gasteiger partial charge is 0.0938 e. The van der Waals surface area contributed by atoms with Crippen molar-refractivity contribution in [2.24, 2.45) is 5.92 Å². The molecule has 0 aliphatic carbocycles. The Bertz CT molecular complexity index is 357. The number of benzene rings is 1. The van der Waals surface area contributed by atoms with Crippen LogP contribution in [0, 0.1) is 5.92 Å². The largest absolute Gasteiger partial charge is 0.398 e. The molecule has 0 bridgehead atoms. The minimum absolute atomic E-state index is 0.131. The van der Waals surface area contributed by atoms with Crippen LogP contribution in [0.4, 0.5) is 5.69 Å². The summed E-state index contributed by atoms with van der Waals surface area (Å²) in [5, 5.41) is 10.6. The number of aliphatic hydroxyl groups is 1. The predicted molar refractivity (Wildman–Crippen MR) is 64.0 cm³/mol. The Morgan fingerprint density at radius 3 is 2.81 bits per heavy atom. The van der Waals surface area contributed by atoms with E-state index in [1.807, 2.05) is 31.2 Å². The number of anilines is 1. The quantitative estimate of drug-likeness (QED) is 0.750. The first-order chi connectivity index (χ1) is 7.62. The van der Waals surface area contributed by atoms with Crippen LogP contribution in [0.15, 0.2) is 24.3 Å². The molecule has 0 spiro atoms. The molecule has 2 atom stereocenters. The Labute approximate surface area is 96.2 Å². The van der Waals surface area contributed by atoms with Gasteiger partial charge < -0.3 is 15.6 Å².